The number of rotatable bonds is 8. The summed E-state index contributed by atoms with van der Waals surface area (Å²) in [7, 11) is -3.03. The number of hydrogen-bond donors (Lipinski definition) is 2. The minimum Gasteiger partial charge on any atom is -0.478 e. The van der Waals surface area contributed by atoms with Gasteiger partial charge in [0.2, 0.25) is 5.91 Å². The Balaban J connectivity index is 2.43. The van der Waals surface area contributed by atoms with Crippen molar-refractivity contribution in [1.29, 1.82) is 5.26 Å². The van der Waals surface area contributed by atoms with E-state index in [0.29, 0.717) is 4.90 Å². The lowest BCUT2D eigenvalue weighted by Crippen LogP contribution is -2.37. The van der Waals surface area contributed by atoms with Crippen molar-refractivity contribution in [2.45, 2.75) is 11.8 Å². The molecule has 1 atom stereocenters. The van der Waals surface area contributed by atoms with Crippen molar-refractivity contribution in [2.24, 2.45) is 0 Å². The van der Waals surface area contributed by atoms with E-state index in [1.165, 1.54) is 43.4 Å². The van der Waals surface area contributed by atoms with Crippen LogP contribution in [0.2, 0.25) is 0 Å². The monoisotopic (exact) mass is 429 g/mol. The minimum absolute atomic E-state index is 0.129. The molecule has 0 aliphatic carbocycles. The molecule has 2 rings (SSSR count). The van der Waals surface area contributed by atoms with Crippen molar-refractivity contribution in [3.05, 3.63) is 71.3 Å². The normalized spacial score (nSPS) is 11.7. The van der Waals surface area contributed by atoms with Gasteiger partial charge in [-0.3, -0.25) is 14.5 Å². The zero-order valence-corrected chi connectivity index (χ0v) is 16.8. The Bertz CT molecular complexity index is 1090. The molecular weight excluding hydrogens is 410 g/mol. The fourth-order valence-corrected chi connectivity index (χ4v) is 4.22. The van der Waals surface area contributed by atoms with Crippen molar-refractivity contribution in [3.63, 3.8) is 0 Å². The molecule has 0 aliphatic heterocycles. The molecule has 156 valence electrons. The number of amides is 2. The first-order valence-electron chi connectivity index (χ1n) is 8.73. The topological polar surface area (TPSA) is 145 Å². The molecule has 1 unspecified atom stereocenters. The number of sulfone groups is 1. The summed E-state index contributed by atoms with van der Waals surface area (Å²) in [5, 5.41) is 18.9. The van der Waals surface area contributed by atoms with E-state index in [1.54, 1.807) is 24.4 Å². The molecule has 0 spiro atoms. The van der Waals surface area contributed by atoms with Crippen molar-refractivity contribution in [3.8, 4) is 6.19 Å². The number of carbonyl (C=O) groups is 3. The predicted molar refractivity (Wildman–Crippen MR) is 107 cm³/mol. The standard InChI is InChI=1S/C20H19N3O6S/c1-23(13-21)17(24)11-12-30(28,29)19(15-9-5-6-10-16(15)20(26)27)22-18(25)14-7-3-2-4-8-14/h2-10,19H,11-12H2,1H3,(H,22,25)(H,26,27). The maximum Gasteiger partial charge on any atom is 0.336 e. The Hall–Kier alpha value is -3.71. The van der Waals surface area contributed by atoms with Gasteiger partial charge in [-0.05, 0) is 18.2 Å². The Morgan fingerprint density at radius 1 is 1.10 bits per heavy atom. The second kappa shape index (κ2) is 9.67. The van der Waals surface area contributed by atoms with Crippen LogP contribution >= 0.6 is 0 Å². The average molecular weight is 429 g/mol. The van der Waals surface area contributed by atoms with E-state index >= 15 is 0 Å². The first kappa shape index (κ1) is 22.6. The Labute approximate surface area is 173 Å². The molecule has 0 bridgehead atoms. The van der Waals surface area contributed by atoms with Crippen LogP contribution in [-0.2, 0) is 14.6 Å². The summed E-state index contributed by atoms with van der Waals surface area (Å²) in [5.41, 5.74) is -0.235. The zero-order chi connectivity index (χ0) is 22.3. The number of hydrogen-bond acceptors (Lipinski definition) is 6. The molecule has 2 N–H and O–H groups in total. The third-order valence-corrected chi connectivity index (χ3v) is 6.12. The lowest BCUT2D eigenvalue weighted by atomic mass is 10.1. The number of carbonyl (C=O) groups excluding carboxylic acids is 2. The summed E-state index contributed by atoms with van der Waals surface area (Å²) in [4.78, 5) is 36.8. The summed E-state index contributed by atoms with van der Waals surface area (Å²) < 4.78 is 26.1. The van der Waals surface area contributed by atoms with Gasteiger partial charge in [-0.15, -0.1) is 0 Å². The summed E-state index contributed by atoms with van der Waals surface area (Å²) in [6.07, 6.45) is 1.08. The van der Waals surface area contributed by atoms with Crippen molar-refractivity contribution in [2.75, 3.05) is 12.8 Å². The number of benzene rings is 2. The first-order valence-corrected chi connectivity index (χ1v) is 10.4. The van der Waals surface area contributed by atoms with Crippen molar-refractivity contribution >= 4 is 27.6 Å². The van der Waals surface area contributed by atoms with Gasteiger partial charge >= 0.3 is 5.97 Å². The van der Waals surface area contributed by atoms with E-state index in [9.17, 15) is 27.9 Å². The predicted octanol–water partition coefficient (Wildman–Crippen LogP) is 1.56. The smallest absolute Gasteiger partial charge is 0.336 e. The van der Waals surface area contributed by atoms with Gasteiger partial charge in [-0.2, -0.15) is 5.26 Å². The Morgan fingerprint density at radius 2 is 1.70 bits per heavy atom. The highest BCUT2D eigenvalue weighted by atomic mass is 32.2. The molecule has 9 nitrogen and oxygen atoms in total. The SMILES string of the molecule is CN(C#N)C(=O)CCS(=O)(=O)C(NC(=O)c1ccccc1)c1ccccc1C(=O)O. The zero-order valence-electron chi connectivity index (χ0n) is 16.0. The lowest BCUT2D eigenvalue weighted by molar-refractivity contribution is -0.126. The van der Waals surface area contributed by atoms with Crippen molar-refractivity contribution in [1.82, 2.24) is 10.2 Å². The molecule has 0 aliphatic rings. The maximum absolute atomic E-state index is 13.0. The highest BCUT2D eigenvalue weighted by molar-refractivity contribution is 7.91. The molecule has 2 aromatic rings. The van der Waals surface area contributed by atoms with Gasteiger partial charge in [0.25, 0.3) is 5.91 Å². The summed E-state index contributed by atoms with van der Waals surface area (Å²) >= 11 is 0. The number of carboxylic acid groups (broad SMARTS) is 1. The highest BCUT2D eigenvalue weighted by Crippen LogP contribution is 2.25. The summed E-state index contributed by atoms with van der Waals surface area (Å²) in [6.45, 7) is 0. The second-order valence-electron chi connectivity index (χ2n) is 6.28. The van der Waals surface area contributed by atoms with Gasteiger partial charge < -0.3 is 10.4 Å². The van der Waals surface area contributed by atoms with Gasteiger partial charge in [-0.25, -0.2) is 13.2 Å². The van der Waals surface area contributed by atoms with Crippen LogP contribution in [-0.4, -0.2) is 49.0 Å². The third-order valence-electron chi connectivity index (χ3n) is 4.26. The fraction of sp³-hybridized carbons (Fsp3) is 0.200. The molecule has 2 aromatic carbocycles. The second-order valence-corrected chi connectivity index (χ2v) is 8.49. The Morgan fingerprint density at radius 3 is 2.30 bits per heavy atom. The molecule has 0 saturated carbocycles. The molecule has 2 amide bonds. The highest BCUT2D eigenvalue weighted by Gasteiger charge is 2.33. The summed E-state index contributed by atoms with van der Waals surface area (Å²) in [5.74, 6) is -3.49. The molecular formula is C20H19N3O6S. The van der Waals surface area contributed by atoms with E-state index < -0.39 is 45.2 Å². The number of nitrogens with one attached hydrogen (secondary N) is 1. The van der Waals surface area contributed by atoms with Crippen LogP contribution in [0.15, 0.2) is 54.6 Å². The van der Waals surface area contributed by atoms with Gasteiger partial charge in [0.15, 0.2) is 21.4 Å². The minimum atomic E-state index is -4.22. The largest absolute Gasteiger partial charge is 0.478 e. The van der Waals surface area contributed by atoms with E-state index in [4.69, 9.17) is 5.26 Å². The van der Waals surface area contributed by atoms with Crippen LogP contribution in [0, 0.1) is 11.5 Å². The van der Waals surface area contributed by atoms with Crippen LogP contribution < -0.4 is 5.32 Å². The molecule has 0 heterocycles. The van der Waals surface area contributed by atoms with Crippen LogP contribution in [0.25, 0.3) is 0 Å². The van der Waals surface area contributed by atoms with E-state index in [-0.39, 0.29) is 16.7 Å². The average Bonchev–Trinajstić information content (AvgIpc) is 2.75. The maximum atomic E-state index is 13.0. The van der Waals surface area contributed by atoms with Gasteiger partial charge in [-0.1, -0.05) is 36.4 Å². The molecule has 0 aromatic heterocycles. The third kappa shape index (κ3) is 5.42. The van der Waals surface area contributed by atoms with Crippen LogP contribution in [0.5, 0.6) is 0 Å². The van der Waals surface area contributed by atoms with E-state index in [0.717, 1.165) is 0 Å². The van der Waals surface area contributed by atoms with E-state index in [1.807, 2.05) is 0 Å². The number of nitrogens with zero attached hydrogens (tertiary/aromatic N) is 2. The summed E-state index contributed by atoms with van der Waals surface area (Å²) in [6, 6.07) is 13.2. The number of nitriles is 1. The molecule has 0 fully saturated rings. The number of carboxylic acids is 1. The van der Waals surface area contributed by atoms with Crippen LogP contribution in [0.4, 0.5) is 0 Å². The molecule has 0 saturated heterocycles. The van der Waals surface area contributed by atoms with E-state index in [2.05, 4.69) is 5.32 Å². The first-order chi connectivity index (χ1) is 14.2. The van der Waals surface area contributed by atoms with Gasteiger partial charge in [0, 0.05) is 24.6 Å². The van der Waals surface area contributed by atoms with Gasteiger partial charge in [0.05, 0.1) is 11.3 Å². The molecule has 30 heavy (non-hydrogen) atoms. The van der Waals surface area contributed by atoms with Crippen molar-refractivity contribution < 1.29 is 27.9 Å². The Kier molecular flexibility index (Phi) is 7.27. The quantitative estimate of drug-likeness (QED) is 0.478. The van der Waals surface area contributed by atoms with Crippen LogP contribution in [0.1, 0.15) is 38.1 Å². The fourth-order valence-electron chi connectivity index (χ4n) is 2.64. The lowest BCUT2D eigenvalue weighted by Gasteiger charge is -2.21. The molecule has 10 heteroatoms. The molecule has 0 radical (unpaired) electrons. The van der Waals surface area contributed by atoms with Gasteiger partial charge in [0.1, 0.15) is 0 Å². The number of aromatic carboxylic acids is 1. The van der Waals surface area contributed by atoms with Crippen LogP contribution in [0.3, 0.4) is 0 Å².